The molecule has 1 rings (SSSR count). The second-order valence-corrected chi connectivity index (χ2v) is 3.50. The second-order valence-electron chi connectivity index (χ2n) is 2.94. The van der Waals surface area contributed by atoms with Crippen molar-refractivity contribution < 1.29 is 4.92 Å². The molecular formula is C6H11ClN2O2. The fraction of sp³-hybridized carbons (Fsp3) is 1.00. The summed E-state index contributed by atoms with van der Waals surface area (Å²) in [6.07, 6.45) is -0.0683. The van der Waals surface area contributed by atoms with Crippen LogP contribution in [-0.2, 0) is 0 Å². The molecule has 0 aliphatic carbocycles. The van der Waals surface area contributed by atoms with Gasteiger partial charge in [-0.15, -0.1) is 11.6 Å². The van der Waals surface area contributed by atoms with Crippen LogP contribution >= 0.6 is 11.6 Å². The molecule has 0 aromatic heterocycles. The summed E-state index contributed by atoms with van der Waals surface area (Å²) >= 11 is 5.85. The number of halogens is 1. The topological polar surface area (TPSA) is 55.2 Å². The summed E-state index contributed by atoms with van der Waals surface area (Å²) in [5, 5.41) is 13.1. The normalized spacial score (nSPS) is 38.5. The number of hydrogen-bond donors (Lipinski definition) is 1. The monoisotopic (exact) mass is 178 g/mol. The number of alkyl halides is 1. The molecule has 3 atom stereocenters. The van der Waals surface area contributed by atoms with Crippen LogP contribution in [0.2, 0.25) is 0 Å². The minimum Gasteiger partial charge on any atom is -0.263 e. The molecule has 1 aliphatic heterocycles. The van der Waals surface area contributed by atoms with E-state index in [0.29, 0.717) is 13.0 Å². The molecule has 1 aliphatic rings. The first-order valence-electron chi connectivity index (χ1n) is 3.62. The molecule has 1 N–H and O–H groups in total. The first kappa shape index (κ1) is 8.74. The predicted molar refractivity (Wildman–Crippen MR) is 42.2 cm³/mol. The lowest BCUT2D eigenvalue weighted by Gasteiger charge is -2.26. The molecule has 0 saturated carbocycles. The van der Waals surface area contributed by atoms with Gasteiger partial charge in [0.15, 0.2) is 0 Å². The number of nitro groups is 1. The highest BCUT2D eigenvalue weighted by Gasteiger charge is 2.31. The average Bonchev–Trinajstić information content (AvgIpc) is 1.94. The minimum absolute atomic E-state index is 0.0335. The van der Waals surface area contributed by atoms with Crippen molar-refractivity contribution >= 4 is 11.6 Å². The van der Waals surface area contributed by atoms with Gasteiger partial charge in [-0.25, -0.2) is 0 Å². The summed E-state index contributed by atoms with van der Waals surface area (Å²) in [6.45, 7) is 2.48. The first-order chi connectivity index (χ1) is 5.11. The molecule has 3 unspecified atom stereocenters. The van der Waals surface area contributed by atoms with Gasteiger partial charge in [-0.3, -0.25) is 15.4 Å². The van der Waals surface area contributed by atoms with Crippen LogP contribution in [0.1, 0.15) is 13.3 Å². The van der Waals surface area contributed by atoms with Crippen molar-refractivity contribution in [3.05, 3.63) is 10.1 Å². The summed E-state index contributed by atoms with van der Waals surface area (Å²) in [5.41, 5.74) is 0. The van der Waals surface area contributed by atoms with Crippen LogP contribution in [0.5, 0.6) is 0 Å². The highest BCUT2D eigenvalue weighted by atomic mass is 35.5. The summed E-state index contributed by atoms with van der Waals surface area (Å²) in [7, 11) is 0. The number of hydrogen-bond acceptors (Lipinski definition) is 3. The summed E-state index contributed by atoms with van der Waals surface area (Å²) < 4.78 is 0. The molecule has 0 aromatic rings. The molecule has 0 amide bonds. The maximum Gasteiger partial charge on any atom is 0.266 e. The van der Waals surface area contributed by atoms with E-state index in [4.69, 9.17) is 11.6 Å². The summed E-state index contributed by atoms with van der Waals surface area (Å²) in [4.78, 5) is 10.0. The lowest BCUT2D eigenvalue weighted by atomic mass is 9.98. The van der Waals surface area contributed by atoms with E-state index in [1.807, 2.05) is 6.92 Å². The highest BCUT2D eigenvalue weighted by molar-refractivity contribution is 6.21. The number of piperidine rings is 1. The number of rotatable bonds is 1. The quantitative estimate of drug-likeness (QED) is 0.368. The Morgan fingerprint density at radius 1 is 1.73 bits per heavy atom. The van der Waals surface area contributed by atoms with E-state index < -0.39 is 6.17 Å². The van der Waals surface area contributed by atoms with Crippen LogP contribution in [0.4, 0.5) is 0 Å². The Bertz CT molecular complexity index is 165. The Labute approximate surface area is 70.1 Å². The second kappa shape index (κ2) is 3.36. The maximum absolute atomic E-state index is 10.3. The zero-order valence-corrected chi connectivity index (χ0v) is 7.04. The van der Waals surface area contributed by atoms with E-state index >= 15 is 0 Å². The van der Waals surface area contributed by atoms with E-state index in [1.165, 1.54) is 0 Å². The van der Waals surface area contributed by atoms with Gasteiger partial charge in [-0.05, 0) is 5.92 Å². The smallest absolute Gasteiger partial charge is 0.263 e. The number of nitrogens with zero attached hydrogens (tertiary/aromatic N) is 1. The molecule has 1 fully saturated rings. The van der Waals surface area contributed by atoms with Crippen LogP contribution < -0.4 is 5.32 Å². The van der Waals surface area contributed by atoms with Gasteiger partial charge < -0.3 is 0 Å². The van der Waals surface area contributed by atoms with E-state index in [1.54, 1.807) is 0 Å². The molecule has 0 spiro atoms. The molecule has 4 nitrogen and oxygen atoms in total. The van der Waals surface area contributed by atoms with Crippen LogP contribution in [0.15, 0.2) is 0 Å². The van der Waals surface area contributed by atoms with Crippen molar-refractivity contribution in [2.24, 2.45) is 5.92 Å². The van der Waals surface area contributed by atoms with E-state index in [0.717, 1.165) is 0 Å². The van der Waals surface area contributed by atoms with E-state index in [9.17, 15) is 10.1 Å². The fourth-order valence-electron chi connectivity index (χ4n) is 1.19. The average molecular weight is 179 g/mol. The third kappa shape index (κ3) is 2.04. The van der Waals surface area contributed by atoms with Gasteiger partial charge in [0.2, 0.25) is 0 Å². The van der Waals surface area contributed by atoms with Gasteiger partial charge >= 0.3 is 0 Å². The predicted octanol–water partition coefficient (Wildman–Crippen LogP) is 0.826. The van der Waals surface area contributed by atoms with E-state index in [2.05, 4.69) is 5.32 Å². The third-order valence-electron chi connectivity index (χ3n) is 2.02. The minimum atomic E-state index is -0.597. The van der Waals surface area contributed by atoms with Crippen molar-refractivity contribution in [2.45, 2.75) is 24.9 Å². The Morgan fingerprint density at radius 2 is 2.36 bits per heavy atom. The van der Waals surface area contributed by atoms with Gasteiger partial charge in [0, 0.05) is 23.3 Å². The molecule has 5 heteroatoms. The van der Waals surface area contributed by atoms with Gasteiger partial charge in [0.05, 0.1) is 0 Å². The van der Waals surface area contributed by atoms with Crippen molar-refractivity contribution in [1.82, 2.24) is 5.32 Å². The SMILES string of the molecule is CC1CC([N+](=O)[O-])NCC1Cl. The molecule has 11 heavy (non-hydrogen) atoms. The summed E-state index contributed by atoms with van der Waals surface area (Å²) in [5.74, 6) is 0.230. The van der Waals surface area contributed by atoms with Gasteiger partial charge in [0.25, 0.3) is 6.17 Å². The van der Waals surface area contributed by atoms with Crippen LogP contribution in [0.3, 0.4) is 0 Å². The van der Waals surface area contributed by atoms with Crippen molar-refractivity contribution in [3.8, 4) is 0 Å². The number of nitrogens with one attached hydrogen (secondary N) is 1. The summed E-state index contributed by atoms with van der Waals surface area (Å²) in [6, 6.07) is 0. The Kier molecular flexibility index (Phi) is 2.67. The third-order valence-corrected chi connectivity index (χ3v) is 2.60. The van der Waals surface area contributed by atoms with Crippen LogP contribution in [0, 0.1) is 16.0 Å². The van der Waals surface area contributed by atoms with Crippen molar-refractivity contribution in [3.63, 3.8) is 0 Å². The molecule has 0 radical (unpaired) electrons. The van der Waals surface area contributed by atoms with E-state index in [-0.39, 0.29) is 16.2 Å². The van der Waals surface area contributed by atoms with Gasteiger partial charge in [-0.2, -0.15) is 0 Å². The first-order valence-corrected chi connectivity index (χ1v) is 4.06. The Hall–Kier alpha value is -0.350. The largest absolute Gasteiger partial charge is 0.266 e. The lowest BCUT2D eigenvalue weighted by Crippen LogP contribution is -2.47. The van der Waals surface area contributed by atoms with Crippen LogP contribution in [-0.4, -0.2) is 23.0 Å². The molecule has 1 heterocycles. The van der Waals surface area contributed by atoms with Crippen molar-refractivity contribution in [2.75, 3.05) is 6.54 Å². The standard InChI is InChI=1S/C6H11ClN2O2/c1-4-2-6(9(10)11)8-3-5(4)7/h4-6,8H,2-3H2,1H3. The lowest BCUT2D eigenvalue weighted by molar-refractivity contribution is -0.533. The molecule has 1 saturated heterocycles. The Morgan fingerprint density at radius 3 is 2.82 bits per heavy atom. The molecule has 0 aromatic carbocycles. The van der Waals surface area contributed by atoms with Crippen molar-refractivity contribution in [1.29, 1.82) is 0 Å². The highest BCUT2D eigenvalue weighted by Crippen LogP contribution is 2.20. The maximum atomic E-state index is 10.3. The van der Waals surface area contributed by atoms with Crippen LogP contribution in [0.25, 0.3) is 0 Å². The van der Waals surface area contributed by atoms with Gasteiger partial charge in [-0.1, -0.05) is 6.92 Å². The molecular weight excluding hydrogens is 168 g/mol. The van der Waals surface area contributed by atoms with Gasteiger partial charge in [0.1, 0.15) is 0 Å². The Balaban J connectivity index is 2.46. The zero-order valence-electron chi connectivity index (χ0n) is 6.29. The molecule has 0 bridgehead atoms. The molecule has 64 valence electrons. The zero-order chi connectivity index (χ0) is 8.43. The fourth-order valence-corrected chi connectivity index (χ4v) is 1.39.